The lowest BCUT2D eigenvalue weighted by atomic mass is 9.77. The second kappa shape index (κ2) is 8.70. The van der Waals surface area contributed by atoms with Crippen molar-refractivity contribution in [2.75, 3.05) is 0 Å². The van der Waals surface area contributed by atoms with Crippen molar-refractivity contribution in [3.63, 3.8) is 0 Å². The van der Waals surface area contributed by atoms with E-state index in [1.807, 2.05) is 0 Å². The summed E-state index contributed by atoms with van der Waals surface area (Å²) in [5.41, 5.74) is 2.99. The fourth-order valence-electron chi connectivity index (χ4n) is 4.05. The van der Waals surface area contributed by atoms with Crippen LogP contribution in [0.15, 0.2) is 30.3 Å². The molecule has 1 saturated carbocycles. The first kappa shape index (κ1) is 18.9. The van der Waals surface area contributed by atoms with Crippen molar-refractivity contribution in [2.45, 2.75) is 64.2 Å². The van der Waals surface area contributed by atoms with Crippen LogP contribution in [0.3, 0.4) is 0 Å². The quantitative estimate of drug-likeness (QED) is 0.546. The molecule has 0 radical (unpaired) electrons. The fraction of sp³-hybridized carbons (Fsp3) is 0.500. The Bertz CT molecular complexity index is 719. The Hall–Kier alpha value is -1.84. The zero-order chi connectivity index (χ0) is 18.5. The van der Waals surface area contributed by atoms with E-state index < -0.39 is 17.7 Å². The van der Waals surface area contributed by atoms with Crippen molar-refractivity contribution >= 4 is 0 Å². The molecule has 26 heavy (non-hydrogen) atoms. The average Bonchev–Trinajstić information content (AvgIpc) is 2.65. The molecule has 1 nitrogen and oxygen atoms in total. The highest BCUT2D eigenvalue weighted by atomic mass is 19.2. The second-order valence-corrected chi connectivity index (χ2v) is 7.46. The number of aryl methyl sites for hydroxylation is 2. The van der Waals surface area contributed by atoms with Crippen molar-refractivity contribution < 1.29 is 13.2 Å². The molecule has 2 aromatic rings. The smallest absolute Gasteiger partial charge is 0.202 e. The van der Waals surface area contributed by atoms with Crippen LogP contribution in [0.2, 0.25) is 0 Å². The standard InChI is InChI=1S/C22H26F3N/c1-2-3-15-4-9-17(10-5-15)18-11-6-16(7-12-18)8-13-19-14-20(23)22(25)26-21(19)24/h4-5,9-10,14,16,18H,2-3,6-8,11-13H2,1H3. The SMILES string of the molecule is CCCc1ccc(C2CCC(CCc3cc(F)c(F)nc3F)CC2)cc1. The van der Waals surface area contributed by atoms with E-state index in [1.165, 1.54) is 17.5 Å². The molecule has 1 heterocycles. The van der Waals surface area contributed by atoms with Gasteiger partial charge in [-0.15, -0.1) is 0 Å². The van der Waals surface area contributed by atoms with Crippen LogP contribution < -0.4 is 0 Å². The van der Waals surface area contributed by atoms with Gasteiger partial charge in [-0.2, -0.15) is 13.8 Å². The third kappa shape index (κ3) is 4.66. The summed E-state index contributed by atoms with van der Waals surface area (Å²) in [5.74, 6) is -2.21. The van der Waals surface area contributed by atoms with Gasteiger partial charge in [0.25, 0.3) is 5.95 Å². The van der Waals surface area contributed by atoms with Crippen LogP contribution in [-0.4, -0.2) is 4.98 Å². The van der Waals surface area contributed by atoms with Gasteiger partial charge in [-0.05, 0) is 74.0 Å². The van der Waals surface area contributed by atoms with E-state index in [9.17, 15) is 13.2 Å². The van der Waals surface area contributed by atoms with Crippen LogP contribution >= 0.6 is 0 Å². The van der Waals surface area contributed by atoms with E-state index >= 15 is 0 Å². The van der Waals surface area contributed by atoms with Crippen LogP contribution in [0.4, 0.5) is 13.2 Å². The summed E-state index contributed by atoms with van der Waals surface area (Å²) in [4.78, 5) is 3.00. The number of rotatable bonds is 6. The molecule has 0 bridgehead atoms. The van der Waals surface area contributed by atoms with Crippen molar-refractivity contribution in [1.29, 1.82) is 0 Å². The molecule has 0 unspecified atom stereocenters. The topological polar surface area (TPSA) is 12.9 Å². The van der Waals surface area contributed by atoms with Gasteiger partial charge < -0.3 is 0 Å². The van der Waals surface area contributed by atoms with E-state index in [-0.39, 0.29) is 5.56 Å². The maximum Gasteiger partial charge on any atom is 0.251 e. The Kier molecular flexibility index (Phi) is 6.33. The molecule has 3 rings (SSSR count). The minimum atomic E-state index is -1.36. The summed E-state index contributed by atoms with van der Waals surface area (Å²) >= 11 is 0. The molecule has 4 heteroatoms. The van der Waals surface area contributed by atoms with Crippen molar-refractivity contribution in [3.8, 4) is 0 Å². The predicted octanol–water partition coefficient (Wildman–Crippen LogP) is 6.36. The highest BCUT2D eigenvalue weighted by Gasteiger charge is 2.23. The van der Waals surface area contributed by atoms with E-state index in [0.717, 1.165) is 44.6 Å². The molecular formula is C22H26F3N. The lowest BCUT2D eigenvalue weighted by Gasteiger charge is -2.29. The molecule has 140 valence electrons. The van der Waals surface area contributed by atoms with Gasteiger partial charge in [-0.1, -0.05) is 37.6 Å². The molecule has 1 aliphatic carbocycles. The zero-order valence-corrected chi connectivity index (χ0v) is 15.3. The van der Waals surface area contributed by atoms with Gasteiger partial charge in [0.05, 0.1) is 0 Å². The second-order valence-electron chi connectivity index (χ2n) is 7.46. The van der Waals surface area contributed by atoms with Gasteiger partial charge in [0.1, 0.15) is 0 Å². The van der Waals surface area contributed by atoms with E-state index in [1.54, 1.807) is 0 Å². The molecule has 0 atom stereocenters. The fourth-order valence-corrected chi connectivity index (χ4v) is 4.05. The monoisotopic (exact) mass is 361 g/mol. The lowest BCUT2D eigenvalue weighted by Crippen LogP contribution is -2.14. The number of benzene rings is 1. The van der Waals surface area contributed by atoms with E-state index in [0.29, 0.717) is 18.3 Å². The largest absolute Gasteiger partial charge is 0.251 e. The molecule has 1 aromatic heterocycles. The third-order valence-electron chi connectivity index (χ3n) is 5.62. The van der Waals surface area contributed by atoms with Crippen molar-refractivity contribution in [1.82, 2.24) is 4.98 Å². The summed E-state index contributed by atoms with van der Waals surface area (Å²) in [6.07, 6.45) is 7.97. The molecule has 0 aliphatic heterocycles. The Balaban J connectivity index is 1.50. The first-order chi connectivity index (χ1) is 12.6. The number of hydrogen-bond acceptors (Lipinski definition) is 1. The number of aromatic nitrogens is 1. The maximum atomic E-state index is 13.6. The predicted molar refractivity (Wildman–Crippen MR) is 97.6 cm³/mol. The molecule has 1 fully saturated rings. The Morgan fingerprint density at radius 2 is 1.62 bits per heavy atom. The van der Waals surface area contributed by atoms with Crippen LogP contribution in [-0.2, 0) is 12.8 Å². The van der Waals surface area contributed by atoms with Crippen LogP contribution in [0, 0.1) is 23.6 Å². The first-order valence-corrected chi connectivity index (χ1v) is 9.66. The summed E-state index contributed by atoms with van der Waals surface area (Å²) in [6.45, 7) is 2.19. The Morgan fingerprint density at radius 1 is 0.923 bits per heavy atom. The lowest BCUT2D eigenvalue weighted by molar-refractivity contribution is 0.308. The van der Waals surface area contributed by atoms with Gasteiger partial charge in [-0.3, -0.25) is 0 Å². The summed E-state index contributed by atoms with van der Waals surface area (Å²) in [5, 5.41) is 0. The summed E-state index contributed by atoms with van der Waals surface area (Å²) in [6, 6.07) is 9.95. The molecule has 0 amide bonds. The third-order valence-corrected chi connectivity index (χ3v) is 5.62. The number of halogens is 3. The van der Waals surface area contributed by atoms with E-state index in [4.69, 9.17) is 0 Å². The van der Waals surface area contributed by atoms with Crippen LogP contribution in [0.5, 0.6) is 0 Å². The first-order valence-electron chi connectivity index (χ1n) is 9.66. The summed E-state index contributed by atoms with van der Waals surface area (Å²) < 4.78 is 39.8. The zero-order valence-electron chi connectivity index (χ0n) is 15.3. The van der Waals surface area contributed by atoms with Crippen LogP contribution in [0.1, 0.15) is 68.1 Å². The maximum absolute atomic E-state index is 13.6. The number of pyridine rings is 1. The van der Waals surface area contributed by atoms with Gasteiger partial charge >= 0.3 is 0 Å². The minimum absolute atomic E-state index is 0.178. The van der Waals surface area contributed by atoms with Gasteiger partial charge in [0.15, 0.2) is 5.82 Å². The molecule has 0 spiro atoms. The highest BCUT2D eigenvalue weighted by Crippen LogP contribution is 2.37. The van der Waals surface area contributed by atoms with Gasteiger partial charge in [0.2, 0.25) is 5.95 Å². The minimum Gasteiger partial charge on any atom is -0.202 e. The van der Waals surface area contributed by atoms with Crippen molar-refractivity contribution in [2.24, 2.45) is 5.92 Å². The van der Waals surface area contributed by atoms with Crippen molar-refractivity contribution in [3.05, 3.63) is 64.7 Å². The summed E-state index contributed by atoms with van der Waals surface area (Å²) in [7, 11) is 0. The molecule has 0 N–H and O–H groups in total. The Labute approximate surface area is 153 Å². The molecule has 0 saturated heterocycles. The van der Waals surface area contributed by atoms with Crippen LogP contribution in [0.25, 0.3) is 0 Å². The highest BCUT2D eigenvalue weighted by molar-refractivity contribution is 5.26. The molecular weight excluding hydrogens is 335 g/mol. The normalized spacial score (nSPS) is 20.3. The average molecular weight is 361 g/mol. The molecule has 1 aliphatic rings. The molecule has 1 aromatic carbocycles. The van der Waals surface area contributed by atoms with E-state index in [2.05, 4.69) is 36.2 Å². The van der Waals surface area contributed by atoms with Gasteiger partial charge in [-0.25, -0.2) is 4.39 Å². The number of nitrogens with zero attached hydrogens (tertiary/aromatic N) is 1. The van der Waals surface area contributed by atoms with Gasteiger partial charge in [0, 0.05) is 5.56 Å². The Morgan fingerprint density at radius 3 is 2.27 bits per heavy atom. The number of hydrogen-bond donors (Lipinski definition) is 0.